The molecule has 0 unspecified atom stereocenters. The number of anilines is 2. The first-order valence-electron chi connectivity index (χ1n) is 16.3. The molecule has 0 saturated carbocycles. The molecule has 9 nitrogen and oxygen atoms in total. The Hall–Kier alpha value is -3.37. The van der Waals surface area contributed by atoms with Crippen LogP contribution in [0.3, 0.4) is 0 Å². The molecule has 4 aromatic rings. The number of nitrogens with one attached hydrogen (secondary N) is 2. The van der Waals surface area contributed by atoms with Crippen LogP contribution in [0.5, 0.6) is 5.75 Å². The minimum Gasteiger partial charge on any atom is -0.497 e. The van der Waals surface area contributed by atoms with E-state index in [0.717, 1.165) is 112 Å². The summed E-state index contributed by atoms with van der Waals surface area (Å²) >= 11 is 6.70. The molecule has 2 aromatic heterocycles. The summed E-state index contributed by atoms with van der Waals surface area (Å²) in [4.78, 5) is 20.5. The van der Waals surface area contributed by atoms with Gasteiger partial charge in [-0.15, -0.1) is 0 Å². The van der Waals surface area contributed by atoms with E-state index in [0.29, 0.717) is 11.1 Å². The molecule has 0 radical (unpaired) electrons. The summed E-state index contributed by atoms with van der Waals surface area (Å²) in [5.74, 6) is 1.69. The van der Waals surface area contributed by atoms with E-state index in [1.54, 1.807) is 13.3 Å². The van der Waals surface area contributed by atoms with Gasteiger partial charge in [0.25, 0.3) is 0 Å². The van der Waals surface area contributed by atoms with Gasteiger partial charge < -0.3 is 24.7 Å². The van der Waals surface area contributed by atoms with Crippen LogP contribution in [0.25, 0.3) is 22.6 Å². The number of likely N-dealkylation sites (tertiary alicyclic amines) is 1. The lowest BCUT2D eigenvalue weighted by atomic mass is 10.0. The molecule has 0 amide bonds. The predicted molar refractivity (Wildman–Crippen MR) is 184 cm³/mol. The van der Waals surface area contributed by atoms with Crippen LogP contribution in [0.2, 0.25) is 5.02 Å². The number of nitrogens with zero attached hydrogens (tertiary/aromatic N) is 5. The van der Waals surface area contributed by atoms with E-state index < -0.39 is 0 Å². The van der Waals surface area contributed by atoms with Gasteiger partial charge in [0.1, 0.15) is 17.1 Å². The van der Waals surface area contributed by atoms with Gasteiger partial charge in [-0.25, -0.2) is 9.97 Å². The van der Waals surface area contributed by atoms with Crippen molar-refractivity contribution in [1.29, 1.82) is 0 Å². The van der Waals surface area contributed by atoms with E-state index in [9.17, 15) is 0 Å². The fourth-order valence-corrected chi connectivity index (χ4v) is 6.53. The maximum Gasteiger partial charge on any atom is 0.159 e. The highest BCUT2D eigenvalue weighted by Crippen LogP contribution is 2.33. The van der Waals surface area contributed by atoms with Crippen molar-refractivity contribution in [3.8, 4) is 17.1 Å². The van der Waals surface area contributed by atoms with Gasteiger partial charge in [0, 0.05) is 63.1 Å². The summed E-state index contributed by atoms with van der Waals surface area (Å²) in [6, 6.07) is 17.4. The molecule has 2 aromatic carbocycles. The van der Waals surface area contributed by atoms with Crippen molar-refractivity contribution in [2.75, 3.05) is 69.7 Å². The van der Waals surface area contributed by atoms with Gasteiger partial charge in [0.05, 0.1) is 36.7 Å². The summed E-state index contributed by atoms with van der Waals surface area (Å²) < 4.78 is 11.1. The van der Waals surface area contributed by atoms with Gasteiger partial charge in [0.15, 0.2) is 5.65 Å². The van der Waals surface area contributed by atoms with Crippen LogP contribution in [-0.4, -0.2) is 96.4 Å². The number of pyridine rings is 1. The Bertz CT molecular complexity index is 1520. The normalized spacial score (nSPS) is 17.2. The van der Waals surface area contributed by atoms with E-state index in [1.165, 1.54) is 11.3 Å². The zero-order valence-electron chi connectivity index (χ0n) is 26.8. The molecule has 2 N–H and O–H groups in total. The molecule has 6 rings (SSSR count). The zero-order chi connectivity index (χ0) is 31.2. The summed E-state index contributed by atoms with van der Waals surface area (Å²) in [7, 11) is 1.70. The second-order valence-electron chi connectivity index (χ2n) is 12.5. The maximum absolute atomic E-state index is 6.70. The van der Waals surface area contributed by atoms with Gasteiger partial charge in [-0.05, 0) is 81.6 Å². The fourth-order valence-electron chi connectivity index (χ4n) is 6.33. The third-order valence-corrected chi connectivity index (χ3v) is 9.21. The van der Waals surface area contributed by atoms with Crippen LogP contribution < -0.4 is 15.0 Å². The molecular weight excluding hydrogens is 586 g/mol. The van der Waals surface area contributed by atoms with Crippen molar-refractivity contribution < 1.29 is 9.47 Å². The van der Waals surface area contributed by atoms with Crippen molar-refractivity contribution in [3.63, 3.8) is 0 Å². The number of imidazole rings is 1. The molecular formula is C35H46ClN7O2. The maximum atomic E-state index is 6.70. The largest absolute Gasteiger partial charge is 0.497 e. The molecule has 10 heteroatoms. The monoisotopic (exact) mass is 631 g/mol. The first kappa shape index (κ1) is 31.6. The molecule has 45 heavy (non-hydrogen) atoms. The lowest BCUT2D eigenvalue weighted by Crippen LogP contribution is -2.38. The number of H-pyrrole nitrogens is 1. The van der Waals surface area contributed by atoms with Crippen LogP contribution in [0.4, 0.5) is 11.4 Å². The Morgan fingerprint density at radius 2 is 1.73 bits per heavy atom. The van der Waals surface area contributed by atoms with Crippen LogP contribution in [0.1, 0.15) is 38.7 Å². The molecule has 2 fully saturated rings. The summed E-state index contributed by atoms with van der Waals surface area (Å²) in [6.45, 7) is 13.2. The highest BCUT2D eigenvalue weighted by atomic mass is 35.5. The average molecular weight is 632 g/mol. The van der Waals surface area contributed by atoms with Crippen molar-refractivity contribution >= 4 is 34.1 Å². The molecule has 0 aliphatic carbocycles. The molecule has 2 aliphatic rings. The second-order valence-corrected chi connectivity index (χ2v) is 12.9. The van der Waals surface area contributed by atoms with E-state index in [1.807, 2.05) is 12.1 Å². The first-order valence-corrected chi connectivity index (χ1v) is 16.7. The first-order chi connectivity index (χ1) is 21.9. The average Bonchev–Trinajstić information content (AvgIpc) is 3.35. The van der Waals surface area contributed by atoms with Crippen molar-refractivity contribution in [3.05, 3.63) is 65.3 Å². The quantitative estimate of drug-likeness (QED) is 0.200. The molecule has 4 heterocycles. The molecule has 2 aliphatic heterocycles. The van der Waals surface area contributed by atoms with Gasteiger partial charge in [-0.3, -0.25) is 9.80 Å². The molecule has 0 atom stereocenters. The van der Waals surface area contributed by atoms with Gasteiger partial charge in [-0.2, -0.15) is 0 Å². The number of fused-ring (bicyclic) bond motifs is 1. The van der Waals surface area contributed by atoms with E-state index in [-0.39, 0.29) is 6.10 Å². The van der Waals surface area contributed by atoms with Crippen LogP contribution >= 0.6 is 11.6 Å². The number of ether oxygens (including phenoxy) is 2. The van der Waals surface area contributed by atoms with Crippen LogP contribution in [0, 0.1) is 0 Å². The number of aromatic nitrogens is 3. The topological polar surface area (TPSA) is 81.8 Å². The van der Waals surface area contributed by atoms with E-state index in [4.69, 9.17) is 26.1 Å². The second kappa shape index (κ2) is 14.8. The Morgan fingerprint density at radius 1 is 0.956 bits per heavy atom. The fraction of sp³-hybridized carbons (Fsp3) is 0.486. The van der Waals surface area contributed by atoms with Crippen molar-refractivity contribution in [2.24, 2.45) is 0 Å². The number of hydrogen-bond acceptors (Lipinski definition) is 8. The smallest absolute Gasteiger partial charge is 0.159 e. The van der Waals surface area contributed by atoms with Gasteiger partial charge >= 0.3 is 0 Å². The number of piperidine rings is 1. The molecule has 0 spiro atoms. The number of hydrogen-bond donors (Lipinski definition) is 2. The Labute approximate surface area is 271 Å². The zero-order valence-corrected chi connectivity index (χ0v) is 27.5. The van der Waals surface area contributed by atoms with Crippen LogP contribution in [0.15, 0.2) is 54.7 Å². The van der Waals surface area contributed by atoms with Crippen LogP contribution in [-0.2, 0) is 11.3 Å². The molecule has 240 valence electrons. The lowest BCUT2D eigenvalue weighted by Gasteiger charge is -2.33. The molecule has 0 bridgehead atoms. The Kier molecular flexibility index (Phi) is 10.4. The number of benzene rings is 2. The van der Waals surface area contributed by atoms with Crippen molar-refractivity contribution in [2.45, 2.75) is 51.8 Å². The number of halogens is 1. The van der Waals surface area contributed by atoms with E-state index >= 15 is 0 Å². The highest BCUT2D eigenvalue weighted by Gasteiger charge is 2.22. The third kappa shape index (κ3) is 8.08. The minimum atomic E-state index is 0.287. The Morgan fingerprint density at radius 3 is 2.47 bits per heavy atom. The third-order valence-electron chi connectivity index (χ3n) is 8.92. The summed E-state index contributed by atoms with van der Waals surface area (Å²) in [6.07, 6.45) is 5.23. The van der Waals surface area contributed by atoms with Gasteiger partial charge in [-0.1, -0.05) is 23.7 Å². The lowest BCUT2D eigenvalue weighted by molar-refractivity contribution is 0.0604. The van der Waals surface area contributed by atoms with Gasteiger partial charge in [0.2, 0.25) is 0 Å². The van der Waals surface area contributed by atoms with E-state index in [2.05, 4.69) is 80.2 Å². The minimum absolute atomic E-state index is 0.287. The number of methoxy groups -OCH3 is 1. The SMILES string of the molecule is COc1ccc(CN2CCC(Nc3c(Cl)cnc4[nH]c(-c5ccc(N6CCCN(CCOC(C)C)CC6)cc5)nc34)CC2)cc1. The van der Waals surface area contributed by atoms with Crippen molar-refractivity contribution in [1.82, 2.24) is 24.8 Å². The number of rotatable bonds is 11. The highest BCUT2D eigenvalue weighted by molar-refractivity contribution is 6.34. The molecule has 2 saturated heterocycles. The summed E-state index contributed by atoms with van der Waals surface area (Å²) in [5, 5.41) is 4.32. The Balaban J connectivity index is 1.07. The standard InChI is InChI=1S/C35H46ClN7O2/c1-25(2)45-22-21-41-15-4-16-43(20-19-41)29-9-7-27(8-10-29)34-39-33-32(31(36)23-37-35(33)40-34)38-28-13-17-42(18-14-28)24-26-5-11-30(44-3)12-6-26/h5-12,23,25,28H,4,13-22,24H2,1-3H3,(H2,37,38,39,40). The predicted octanol–water partition coefficient (Wildman–Crippen LogP) is 6.30. The number of aromatic amines is 1. The summed E-state index contributed by atoms with van der Waals surface area (Å²) in [5.41, 5.74) is 5.98.